The second-order valence-corrected chi connectivity index (χ2v) is 5.21. The van der Waals surface area contributed by atoms with Crippen molar-refractivity contribution in [3.63, 3.8) is 0 Å². The number of anilines is 1. The van der Waals surface area contributed by atoms with Gasteiger partial charge in [0.15, 0.2) is 0 Å². The molecule has 0 aromatic carbocycles. The third kappa shape index (κ3) is 1.46. The smallest absolute Gasteiger partial charge is 0.227 e. The first kappa shape index (κ1) is 8.48. The van der Waals surface area contributed by atoms with E-state index in [-0.39, 0.29) is 5.91 Å². The van der Waals surface area contributed by atoms with Gasteiger partial charge in [-0.1, -0.05) is 0 Å². The molecule has 3 rings (SSSR count). The topological polar surface area (TPSA) is 29.1 Å². The lowest BCUT2D eigenvalue weighted by atomic mass is 10.0. The molecule has 0 radical (unpaired) electrons. The van der Waals surface area contributed by atoms with Crippen LogP contribution in [0.5, 0.6) is 0 Å². The molecular weight excluding hydrogens is 194 g/mol. The number of rotatable bonds is 2. The quantitative estimate of drug-likeness (QED) is 0.793. The molecule has 1 amide bonds. The Bertz CT molecular complexity index is 336. The fraction of sp³-hybridized carbons (Fsp3) is 0.545. The van der Waals surface area contributed by atoms with E-state index in [1.807, 2.05) is 16.8 Å². The van der Waals surface area contributed by atoms with Gasteiger partial charge in [0.1, 0.15) is 0 Å². The fourth-order valence-electron chi connectivity index (χ4n) is 2.51. The third-order valence-corrected chi connectivity index (χ3v) is 4.09. The zero-order valence-electron chi connectivity index (χ0n) is 7.90. The fourth-order valence-corrected chi connectivity index (χ4v) is 3.10. The van der Waals surface area contributed by atoms with E-state index in [0.29, 0.717) is 5.92 Å². The molecule has 3 heteroatoms. The van der Waals surface area contributed by atoms with E-state index < -0.39 is 0 Å². The van der Waals surface area contributed by atoms with Crippen LogP contribution in [0.1, 0.15) is 19.3 Å². The highest BCUT2D eigenvalue weighted by Crippen LogP contribution is 2.54. The minimum Gasteiger partial charge on any atom is -0.325 e. The van der Waals surface area contributed by atoms with Crippen molar-refractivity contribution in [3.05, 3.63) is 16.8 Å². The zero-order chi connectivity index (χ0) is 9.54. The van der Waals surface area contributed by atoms with E-state index in [0.717, 1.165) is 30.4 Å². The molecule has 2 aliphatic rings. The van der Waals surface area contributed by atoms with Crippen LogP contribution in [0.3, 0.4) is 0 Å². The summed E-state index contributed by atoms with van der Waals surface area (Å²) in [4.78, 5) is 11.8. The second kappa shape index (κ2) is 3.09. The molecule has 2 nitrogen and oxygen atoms in total. The first-order valence-corrected chi connectivity index (χ1v) is 6.10. The molecule has 1 aromatic heterocycles. The van der Waals surface area contributed by atoms with Crippen LogP contribution >= 0.6 is 11.3 Å². The van der Waals surface area contributed by atoms with Gasteiger partial charge in [0.05, 0.1) is 5.69 Å². The minimum atomic E-state index is 0.232. The summed E-state index contributed by atoms with van der Waals surface area (Å²) in [5.41, 5.74) is 0.959. The number of thiophene rings is 1. The van der Waals surface area contributed by atoms with Gasteiger partial charge in [-0.05, 0) is 42.5 Å². The van der Waals surface area contributed by atoms with Gasteiger partial charge >= 0.3 is 0 Å². The highest BCUT2D eigenvalue weighted by molar-refractivity contribution is 7.08. The van der Waals surface area contributed by atoms with Crippen molar-refractivity contribution in [2.75, 3.05) is 5.32 Å². The molecule has 1 heterocycles. The van der Waals surface area contributed by atoms with Gasteiger partial charge in [0.25, 0.3) is 0 Å². The third-order valence-electron chi connectivity index (χ3n) is 3.40. The molecule has 2 fully saturated rings. The SMILES string of the molecule is O=C(Nc1ccsc1)C1CC2CC2C1. The van der Waals surface area contributed by atoms with Gasteiger partial charge in [-0.15, -0.1) is 0 Å². The largest absolute Gasteiger partial charge is 0.325 e. The molecule has 0 bridgehead atoms. The molecule has 0 saturated heterocycles. The van der Waals surface area contributed by atoms with Crippen LogP contribution in [0, 0.1) is 17.8 Å². The van der Waals surface area contributed by atoms with Crippen LogP contribution in [0.4, 0.5) is 5.69 Å². The van der Waals surface area contributed by atoms with Crippen molar-refractivity contribution < 1.29 is 4.79 Å². The van der Waals surface area contributed by atoms with E-state index in [1.165, 1.54) is 6.42 Å². The van der Waals surface area contributed by atoms with Gasteiger partial charge < -0.3 is 5.32 Å². The van der Waals surface area contributed by atoms with Crippen LogP contribution in [-0.4, -0.2) is 5.91 Å². The van der Waals surface area contributed by atoms with Crippen molar-refractivity contribution in [3.8, 4) is 0 Å². The standard InChI is InChI=1S/C11H13NOS/c13-11(12-10-1-2-14-6-10)9-4-7-3-8(7)5-9/h1-2,6-9H,3-5H2,(H,12,13). The van der Waals surface area contributed by atoms with Crippen LogP contribution in [0.2, 0.25) is 0 Å². The van der Waals surface area contributed by atoms with Crippen molar-refractivity contribution in [2.45, 2.75) is 19.3 Å². The maximum Gasteiger partial charge on any atom is 0.227 e. The normalized spacial score (nSPS) is 33.9. The first-order chi connectivity index (χ1) is 6.83. The number of hydrogen-bond acceptors (Lipinski definition) is 2. The van der Waals surface area contributed by atoms with E-state index in [1.54, 1.807) is 11.3 Å². The minimum absolute atomic E-state index is 0.232. The van der Waals surface area contributed by atoms with Gasteiger partial charge in [-0.3, -0.25) is 4.79 Å². The lowest BCUT2D eigenvalue weighted by Gasteiger charge is -2.10. The Hall–Kier alpha value is -0.830. The van der Waals surface area contributed by atoms with E-state index >= 15 is 0 Å². The number of carbonyl (C=O) groups is 1. The summed E-state index contributed by atoms with van der Waals surface area (Å²) in [6.45, 7) is 0. The Balaban J connectivity index is 1.60. The number of fused-ring (bicyclic) bond motifs is 1. The maximum atomic E-state index is 11.8. The lowest BCUT2D eigenvalue weighted by molar-refractivity contribution is -0.119. The summed E-state index contributed by atoms with van der Waals surface area (Å²) in [5.74, 6) is 2.29. The van der Waals surface area contributed by atoms with Crippen LogP contribution < -0.4 is 5.32 Å². The molecule has 1 N–H and O–H groups in total. The zero-order valence-corrected chi connectivity index (χ0v) is 8.72. The van der Waals surface area contributed by atoms with Gasteiger partial charge in [-0.25, -0.2) is 0 Å². The molecule has 74 valence electrons. The number of hydrogen-bond donors (Lipinski definition) is 1. The Morgan fingerprint density at radius 2 is 2.14 bits per heavy atom. The summed E-state index contributed by atoms with van der Waals surface area (Å²) in [7, 11) is 0. The summed E-state index contributed by atoms with van der Waals surface area (Å²) in [5, 5.41) is 6.94. The van der Waals surface area contributed by atoms with Gasteiger partial charge in [0.2, 0.25) is 5.91 Å². The van der Waals surface area contributed by atoms with Crippen molar-refractivity contribution in [1.29, 1.82) is 0 Å². The Morgan fingerprint density at radius 1 is 1.36 bits per heavy atom. The molecular formula is C11H13NOS. The molecule has 2 unspecified atom stereocenters. The van der Waals surface area contributed by atoms with Gasteiger partial charge in [-0.2, -0.15) is 11.3 Å². The van der Waals surface area contributed by atoms with E-state index in [4.69, 9.17) is 0 Å². The van der Waals surface area contributed by atoms with E-state index in [9.17, 15) is 4.79 Å². The summed E-state index contributed by atoms with van der Waals surface area (Å²) in [6, 6.07) is 1.96. The predicted octanol–water partition coefficient (Wildman–Crippen LogP) is 2.73. The molecule has 2 aliphatic carbocycles. The maximum absolute atomic E-state index is 11.8. The monoisotopic (exact) mass is 207 g/mol. The summed E-state index contributed by atoms with van der Waals surface area (Å²) in [6.07, 6.45) is 3.63. The first-order valence-electron chi connectivity index (χ1n) is 5.16. The lowest BCUT2D eigenvalue weighted by Crippen LogP contribution is -2.21. The van der Waals surface area contributed by atoms with Gasteiger partial charge in [0, 0.05) is 11.3 Å². The molecule has 2 atom stereocenters. The van der Waals surface area contributed by atoms with Crippen LogP contribution in [0.25, 0.3) is 0 Å². The average molecular weight is 207 g/mol. The van der Waals surface area contributed by atoms with Crippen molar-refractivity contribution >= 4 is 22.9 Å². The average Bonchev–Trinajstić information content (AvgIpc) is 2.68. The molecule has 2 saturated carbocycles. The summed E-state index contributed by atoms with van der Waals surface area (Å²) >= 11 is 1.62. The Kier molecular flexibility index (Phi) is 1.87. The van der Waals surface area contributed by atoms with E-state index in [2.05, 4.69) is 5.32 Å². The number of amides is 1. The number of nitrogens with one attached hydrogen (secondary N) is 1. The Labute approximate surface area is 87.3 Å². The Morgan fingerprint density at radius 3 is 2.79 bits per heavy atom. The van der Waals surface area contributed by atoms with Crippen molar-refractivity contribution in [1.82, 2.24) is 0 Å². The molecule has 14 heavy (non-hydrogen) atoms. The number of carbonyl (C=O) groups excluding carboxylic acids is 1. The predicted molar refractivity (Wildman–Crippen MR) is 57.3 cm³/mol. The summed E-state index contributed by atoms with van der Waals surface area (Å²) < 4.78 is 0. The van der Waals surface area contributed by atoms with Crippen LogP contribution in [-0.2, 0) is 4.79 Å². The highest BCUT2D eigenvalue weighted by atomic mass is 32.1. The van der Waals surface area contributed by atoms with Crippen molar-refractivity contribution in [2.24, 2.45) is 17.8 Å². The molecule has 0 spiro atoms. The molecule has 1 aromatic rings. The molecule has 0 aliphatic heterocycles. The highest BCUT2D eigenvalue weighted by Gasteiger charge is 2.47. The van der Waals surface area contributed by atoms with Crippen LogP contribution in [0.15, 0.2) is 16.8 Å². The second-order valence-electron chi connectivity index (χ2n) is 4.43.